The maximum absolute atomic E-state index is 6.15. The highest BCUT2D eigenvalue weighted by Crippen LogP contribution is 2.24. The van der Waals surface area contributed by atoms with Gasteiger partial charge >= 0.3 is 0 Å². The molecule has 15 heavy (non-hydrogen) atoms. The zero-order valence-electron chi connectivity index (χ0n) is 8.75. The van der Waals surface area contributed by atoms with Crippen LogP contribution in [-0.4, -0.2) is 6.04 Å². The summed E-state index contributed by atoms with van der Waals surface area (Å²) < 4.78 is 0. The van der Waals surface area contributed by atoms with Crippen molar-refractivity contribution in [1.82, 2.24) is 0 Å². The number of nitrogens with two attached hydrogens (primary N) is 1. The molecule has 0 fully saturated rings. The fourth-order valence-electron chi connectivity index (χ4n) is 2.06. The van der Waals surface area contributed by atoms with Crippen LogP contribution in [-0.2, 0) is 6.42 Å². The van der Waals surface area contributed by atoms with Crippen molar-refractivity contribution in [3.63, 3.8) is 0 Å². The van der Waals surface area contributed by atoms with Crippen LogP contribution in [0.5, 0.6) is 0 Å². The average molecular weight is 222 g/mol. The lowest BCUT2D eigenvalue weighted by Crippen LogP contribution is -2.24. The van der Waals surface area contributed by atoms with Gasteiger partial charge in [-0.25, -0.2) is 0 Å². The second-order valence-electron chi connectivity index (χ2n) is 4.07. The van der Waals surface area contributed by atoms with Crippen molar-refractivity contribution in [2.75, 3.05) is 0 Å². The van der Waals surface area contributed by atoms with Gasteiger partial charge in [0.2, 0.25) is 0 Å². The van der Waals surface area contributed by atoms with E-state index in [-0.39, 0.29) is 6.04 Å². The van der Waals surface area contributed by atoms with Gasteiger partial charge in [-0.15, -0.1) is 0 Å². The molecule has 0 aromatic heterocycles. The third kappa shape index (κ3) is 2.61. The predicted octanol–water partition coefficient (Wildman–Crippen LogP) is 3.32. The van der Waals surface area contributed by atoms with Gasteiger partial charge in [-0.1, -0.05) is 41.4 Å². The summed E-state index contributed by atoms with van der Waals surface area (Å²) in [7, 11) is 0. The number of hydrogen-bond acceptors (Lipinski definition) is 1. The molecule has 1 unspecified atom stereocenters. The molecule has 2 N–H and O–H groups in total. The molecule has 0 bridgehead atoms. The minimum atomic E-state index is 0.146. The first-order chi connectivity index (χ1) is 7.27. The molecule has 0 saturated carbocycles. The standard InChI is InChI=1S/C13H16ClN/c14-12-8-4-3-7-11(12)9-13(15)10-5-1-2-6-10/h3-5,7-8,13H,1-2,6,9,15H2. The average Bonchev–Trinajstić information content (AvgIpc) is 2.74. The summed E-state index contributed by atoms with van der Waals surface area (Å²) in [5.41, 5.74) is 8.70. The van der Waals surface area contributed by atoms with Gasteiger partial charge in [-0.2, -0.15) is 0 Å². The summed E-state index contributed by atoms with van der Waals surface area (Å²) in [6.07, 6.45) is 6.73. The van der Waals surface area contributed by atoms with Crippen LogP contribution in [0.15, 0.2) is 35.9 Å². The molecule has 1 nitrogen and oxygen atoms in total. The van der Waals surface area contributed by atoms with Gasteiger partial charge in [-0.05, 0) is 37.3 Å². The Bertz CT molecular complexity index is 371. The summed E-state index contributed by atoms with van der Waals surface area (Å²) in [4.78, 5) is 0. The molecule has 0 spiro atoms. The van der Waals surface area contributed by atoms with Crippen LogP contribution in [0.3, 0.4) is 0 Å². The molecule has 0 saturated heterocycles. The van der Waals surface area contributed by atoms with Crippen molar-refractivity contribution in [1.29, 1.82) is 0 Å². The van der Waals surface area contributed by atoms with E-state index in [0.29, 0.717) is 0 Å². The van der Waals surface area contributed by atoms with E-state index in [0.717, 1.165) is 23.4 Å². The van der Waals surface area contributed by atoms with Crippen molar-refractivity contribution >= 4 is 11.6 Å². The largest absolute Gasteiger partial charge is 0.324 e. The molecule has 80 valence electrons. The molecule has 1 aromatic carbocycles. The van der Waals surface area contributed by atoms with Gasteiger partial charge in [-0.3, -0.25) is 0 Å². The zero-order valence-corrected chi connectivity index (χ0v) is 9.50. The Morgan fingerprint density at radius 1 is 1.33 bits per heavy atom. The van der Waals surface area contributed by atoms with E-state index in [2.05, 4.69) is 12.1 Å². The molecule has 0 heterocycles. The maximum Gasteiger partial charge on any atom is 0.0438 e. The molecule has 1 atom stereocenters. The van der Waals surface area contributed by atoms with Crippen molar-refractivity contribution in [3.05, 3.63) is 46.5 Å². The van der Waals surface area contributed by atoms with E-state index in [1.54, 1.807) is 0 Å². The minimum Gasteiger partial charge on any atom is -0.324 e. The molecule has 0 radical (unpaired) electrons. The Morgan fingerprint density at radius 2 is 2.13 bits per heavy atom. The fourth-order valence-corrected chi connectivity index (χ4v) is 2.28. The van der Waals surface area contributed by atoms with E-state index in [1.807, 2.05) is 18.2 Å². The summed E-state index contributed by atoms with van der Waals surface area (Å²) in [5, 5.41) is 0.826. The lowest BCUT2D eigenvalue weighted by Gasteiger charge is -2.13. The molecular weight excluding hydrogens is 206 g/mol. The highest BCUT2D eigenvalue weighted by atomic mass is 35.5. The summed E-state index contributed by atoms with van der Waals surface area (Å²) in [5.74, 6) is 0. The third-order valence-electron chi connectivity index (χ3n) is 2.95. The Kier molecular flexibility index (Phi) is 3.45. The summed E-state index contributed by atoms with van der Waals surface area (Å²) in [6.45, 7) is 0. The van der Waals surface area contributed by atoms with Crippen molar-refractivity contribution in [2.45, 2.75) is 31.7 Å². The molecule has 1 aliphatic carbocycles. The molecule has 0 aliphatic heterocycles. The smallest absolute Gasteiger partial charge is 0.0438 e. The molecule has 0 amide bonds. The first-order valence-electron chi connectivity index (χ1n) is 5.45. The van der Waals surface area contributed by atoms with Gasteiger partial charge in [0.15, 0.2) is 0 Å². The maximum atomic E-state index is 6.15. The number of hydrogen-bond donors (Lipinski definition) is 1. The van der Waals surface area contributed by atoms with Crippen molar-refractivity contribution in [2.24, 2.45) is 5.73 Å². The first-order valence-corrected chi connectivity index (χ1v) is 5.83. The summed E-state index contributed by atoms with van der Waals surface area (Å²) in [6, 6.07) is 8.08. The number of allylic oxidation sites excluding steroid dienone is 1. The van der Waals surface area contributed by atoms with Gasteiger partial charge in [0.05, 0.1) is 0 Å². The molecule has 1 aliphatic rings. The fraction of sp³-hybridized carbons (Fsp3) is 0.385. The molecule has 2 rings (SSSR count). The lowest BCUT2D eigenvalue weighted by molar-refractivity contribution is 0.729. The highest BCUT2D eigenvalue weighted by Gasteiger charge is 2.14. The SMILES string of the molecule is NC(Cc1ccccc1Cl)C1=CCCC1. The van der Waals surface area contributed by atoms with Crippen LogP contribution in [0.25, 0.3) is 0 Å². The van der Waals surface area contributed by atoms with Crippen molar-refractivity contribution < 1.29 is 0 Å². The lowest BCUT2D eigenvalue weighted by atomic mass is 9.99. The Hall–Kier alpha value is -0.790. The predicted molar refractivity (Wildman–Crippen MR) is 65.1 cm³/mol. The van der Waals surface area contributed by atoms with Crippen molar-refractivity contribution in [3.8, 4) is 0 Å². The summed E-state index contributed by atoms with van der Waals surface area (Å²) >= 11 is 6.10. The van der Waals surface area contributed by atoms with Crippen LogP contribution in [0.4, 0.5) is 0 Å². The van der Waals surface area contributed by atoms with Crippen LogP contribution < -0.4 is 5.73 Å². The van der Waals surface area contributed by atoms with Crippen LogP contribution in [0, 0.1) is 0 Å². The molecular formula is C13H16ClN. The normalized spacial score (nSPS) is 17.6. The number of benzene rings is 1. The van der Waals surface area contributed by atoms with Gasteiger partial charge in [0.1, 0.15) is 0 Å². The molecule has 1 aromatic rings. The Morgan fingerprint density at radius 3 is 2.80 bits per heavy atom. The first kappa shape index (κ1) is 10.7. The van der Waals surface area contributed by atoms with Crippen LogP contribution >= 0.6 is 11.6 Å². The van der Waals surface area contributed by atoms with Gasteiger partial charge in [0.25, 0.3) is 0 Å². The molecule has 2 heteroatoms. The van der Waals surface area contributed by atoms with E-state index in [1.165, 1.54) is 18.4 Å². The number of halogens is 1. The highest BCUT2D eigenvalue weighted by molar-refractivity contribution is 6.31. The van der Waals surface area contributed by atoms with Crippen LogP contribution in [0.2, 0.25) is 5.02 Å². The van der Waals surface area contributed by atoms with E-state index in [4.69, 9.17) is 17.3 Å². The van der Waals surface area contributed by atoms with Crippen LogP contribution in [0.1, 0.15) is 24.8 Å². The second-order valence-corrected chi connectivity index (χ2v) is 4.48. The Labute approximate surface area is 95.9 Å². The number of rotatable bonds is 3. The van der Waals surface area contributed by atoms with Gasteiger partial charge in [0, 0.05) is 11.1 Å². The monoisotopic (exact) mass is 221 g/mol. The second kappa shape index (κ2) is 4.82. The van der Waals surface area contributed by atoms with E-state index < -0.39 is 0 Å². The minimum absolute atomic E-state index is 0.146. The third-order valence-corrected chi connectivity index (χ3v) is 3.32. The quantitative estimate of drug-likeness (QED) is 0.779. The van der Waals surface area contributed by atoms with Gasteiger partial charge < -0.3 is 5.73 Å². The van der Waals surface area contributed by atoms with E-state index in [9.17, 15) is 0 Å². The topological polar surface area (TPSA) is 26.0 Å². The van der Waals surface area contributed by atoms with E-state index >= 15 is 0 Å². The zero-order chi connectivity index (χ0) is 10.7. The Balaban J connectivity index is 2.05.